The summed E-state index contributed by atoms with van der Waals surface area (Å²) in [5.41, 5.74) is 1.79. The van der Waals surface area contributed by atoms with E-state index in [0.29, 0.717) is 22.9 Å². The Hall–Kier alpha value is -2.97. The quantitative estimate of drug-likeness (QED) is 0.342. The van der Waals surface area contributed by atoms with E-state index in [2.05, 4.69) is 27.1 Å². The van der Waals surface area contributed by atoms with Crippen molar-refractivity contribution in [2.45, 2.75) is 50.2 Å². The van der Waals surface area contributed by atoms with Crippen molar-refractivity contribution in [3.8, 4) is 17.0 Å². The molecule has 2 aromatic heterocycles. The van der Waals surface area contributed by atoms with Gasteiger partial charge >= 0.3 is 12.8 Å². The topological polar surface area (TPSA) is 95.3 Å². The molecule has 2 fully saturated rings. The van der Waals surface area contributed by atoms with Crippen LogP contribution in [0, 0.1) is 0 Å². The lowest BCUT2D eigenvalue weighted by atomic mass is 10.0. The normalized spacial score (nSPS) is 25.1. The van der Waals surface area contributed by atoms with Gasteiger partial charge < -0.3 is 14.8 Å². The molecule has 8 nitrogen and oxygen atoms in total. The van der Waals surface area contributed by atoms with Crippen molar-refractivity contribution in [1.82, 2.24) is 20.1 Å². The number of nitrogens with zero attached hydrogens (tertiary/aromatic N) is 3. The van der Waals surface area contributed by atoms with E-state index in [1.165, 1.54) is 35.1 Å². The SMILES string of the molecule is CNC1(C)CS(=O)C1.O=Cc1cnc2c(-c3cccc(OC(F)F)c3)nn(C3CCO[C@@H](C(F)(F)F)C3)c2c1. The molecule has 2 aliphatic heterocycles. The molecule has 14 heteroatoms. The minimum Gasteiger partial charge on any atom is -0.435 e. The van der Waals surface area contributed by atoms with Crippen LogP contribution in [0.5, 0.6) is 5.75 Å². The van der Waals surface area contributed by atoms with Gasteiger partial charge in [-0.3, -0.25) is 18.7 Å². The molecule has 2 saturated heterocycles. The molecular formula is C25H27F5N4O4S. The van der Waals surface area contributed by atoms with Crippen LogP contribution < -0.4 is 10.1 Å². The van der Waals surface area contributed by atoms with Crippen molar-refractivity contribution in [1.29, 1.82) is 0 Å². The van der Waals surface area contributed by atoms with Crippen LogP contribution in [0.3, 0.4) is 0 Å². The second-order valence-electron chi connectivity index (χ2n) is 9.57. The number of carbonyl (C=O) groups is 1. The number of halogens is 5. The molecule has 0 saturated carbocycles. The summed E-state index contributed by atoms with van der Waals surface area (Å²) in [5, 5.41) is 7.58. The van der Waals surface area contributed by atoms with Crippen molar-refractivity contribution >= 4 is 28.1 Å². The fraction of sp³-hybridized carbons (Fsp3) is 0.480. The maximum atomic E-state index is 13.2. The Bertz CT molecular complexity index is 1340. The molecule has 0 radical (unpaired) electrons. The van der Waals surface area contributed by atoms with Crippen LogP contribution in [0.4, 0.5) is 22.0 Å². The minimum atomic E-state index is -4.52. The summed E-state index contributed by atoms with van der Waals surface area (Å²) in [6.45, 7) is -1.03. The lowest BCUT2D eigenvalue weighted by Crippen LogP contribution is -2.58. The Morgan fingerprint density at radius 2 is 2.03 bits per heavy atom. The monoisotopic (exact) mass is 574 g/mol. The zero-order valence-electron chi connectivity index (χ0n) is 21.1. The molecule has 0 bridgehead atoms. The zero-order chi connectivity index (χ0) is 28.4. The highest BCUT2D eigenvalue weighted by Crippen LogP contribution is 2.38. The van der Waals surface area contributed by atoms with E-state index in [4.69, 9.17) is 4.74 Å². The van der Waals surface area contributed by atoms with Gasteiger partial charge in [0.2, 0.25) is 0 Å². The van der Waals surface area contributed by atoms with Crippen molar-refractivity contribution in [2.75, 3.05) is 25.2 Å². The molecule has 212 valence electrons. The number of fused-ring (bicyclic) bond motifs is 1. The van der Waals surface area contributed by atoms with E-state index in [-0.39, 0.29) is 42.0 Å². The predicted molar refractivity (Wildman–Crippen MR) is 134 cm³/mol. The first kappa shape index (κ1) is 29.0. The largest absolute Gasteiger partial charge is 0.435 e. The summed E-state index contributed by atoms with van der Waals surface area (Å²) in [7, 11) is 1.39. The van der Waals surface area contributed by atoms with E-state index < -0.39 is 35.7 Å². The first-order valence-electron chi connectivity index (χ1n) is 12.0. The number of carbonyl (C=O) groups excluding carboxylic acids is 1. The maximum absolute atomic E-state index is 13.2. The van der Waals surface area contributed by atoms with E-state index in [9.17, 15) is 31.0 Å². The third-order valence-corrected chi connectivity index (χ3v) is 8.48. The molecule has 5 rings (SSSR count). The number of hydrogen-bond donors (Lipinski definition) is 1. The zero-order valence-corrected chi connectivity index (χ0v) is 21.9. The van der Waals surface area contributed by atoms with Crippen molar-refractivity contribution in [3.63, 3.8) is 0 Å². The Kier molecular flexibility index (Phi) is 8.66. The van der Waals surface area contributed by atoms with Gasteiger partial charge in [0, 0.05) is 58.2 Å². The van der Waals surface area contributed by atoms with Gasteiger partial charge in [-0.25, -0.2) is 0 Å². The highest BCUT2D eigenvalue weighted by Gasteiger charge is 2.44. The van der Waals surface area contributed by atoms with E-state index in [1.807, 2.05) is 7.05 Å². The van der Waals surface area contributed by atoms with E-state index in [1.54, 1.807) is 6.07 Å². The van der Waals surface area contributed by atoms with Crippen molar-refractivity contribution < 1.29 is 40.4 Å². The molecule has 1 N–H and O–H groups in total. The summed E-state index contributed by atoms with van der Waals surface area (Å²) in [5.74, 6) is 1.55. The molecule has 1 aromatic carbocycles. The Labute approximate surface area is 223 Å². The van der Waals surface area contributed by atoms with Gasteiger partial charge in [-0.05, 0) is 38.6 Å². The highest BCUT2D eigenvalue weighted by atomic mass is 32.2. The number of aldehydes is 1. The standard InChI is InChI=1S/C20H16F5N3O3.C5H11NOS/c21-19(22)31-14-3-1-2-12(7-14)17-18-15(6-11(10-29)9-26-18)28(27-17)13-4-5-30-16(8-13)20(23,24)25;1-5(6-2)3-8(7)4-5/h1-3,6-7,9-10,13,16,19H,4-5,8H2;6H,3-4H2,1-2H3/t13?,16-;/m1./s1. The third-order valence-electron chi connectivity index (χ3n) is 6.57. The molecule has 3 aromatic rings. The highest BCUT2D eigenvalue weighted by molar-refractivity contribution is 7.86. The van der Waals surface area contributed by atoms with Gasteiger partial charge in [-0.15, -0.1) is 0 Å². The number of nitrogens with one attached hydrogen (secondary N) is 1. The Balaban J connectivity index is 0.000000379. The minimum absolute atomic E-state index is 0.0945. The van der Waals surface area contributed by atoms with Crippen molar-refractivity contribution in [2.24, 2.45) is 0 Å². The molecule has 0 amide bonds. The van der Waals surface area contributed by atoms with Gasteiger partial charge in [-0.2, -0.15) is 27.1 Å². The van der Waals surface area contributed by atoms with Gasteiger partial charge in [0.05, 0.1) is 11.6 Å². The molecule has 39 heavy (non-hydrogen) atoms. The summed E-state index contributed by atoms with van der Waals surface area (Å²) >= 11 is 0. The molecule has 2 aliphatic rings. The molecular weight excluding hydrogens is 547 g/mol. The van der Waals surface area contributed by atoms with Crippen LogP contribution in [0.2, 0.25) is 0 Å². The second-order valence-corrected chi connectivity index (χ2v) is 11.0. The van der Waals surface area contributed by atoms with Crippen LogP contribution >= 0.6 is 0 Å². The predicted octanol–water partition coefficient (Wildman–Crippen LogP) is 4.52. The Morgan fingerprint density at radius 1 is 1.28 bits per heavy atom. The number of rotatable bonds is 6. The molecule has 4 heterocycles. The van der Waals surface area contributed by atoms with E-state index in [0.717, 1.165) is 11.5 Å². The summed E-state index contributed by atoms with van der Waals surface area (Å²) in [4.78, 5) is 15.5. The number of aromatic nitrogens is 3. The molecule has 2 atom stereocenters. The number of hydrogen-bond acceptors (Lipinski definition) is 7. The number of pyridine rings is 1. The lowest BCUT2D eigenvalue weighted by molar-refractivity contribution is -0.234. The van der Waals surface area contributed by atoms with Gasteiger partial charge in [-0.1, -0.05) is 12.1 Å². The number of benzene rings is 1. The maximum Gasteiger partial charge on any atom is 0.414 e. The second kappa shape index (κ2) is 11.6. The van der Waals surface area contributed by atoms with Crippen LogP contribution in [-0.2, 0) is 15.5 Å². The number of alkyl halides is 5. The van der Waals surface area contributed by atoms with Gasteiger partial charge in [0.15, 0.2) is 12.4 Å². The lowest BCUT2D eigenvalue weighted by Gasteiger charge is -2.36. The fourth-order valence-corrected chi connectivity index (χ4v) is 6.06. The average Bonchev–Trinajstić information content (AvgIpc) is 3.26. The smallest absolute Gasteiger partial charge is 0.414 e. The Morgan fingerprint density at radius 3 is 2.62 bits per heavy atom. The van der Waals surface area contributed by atoms with Crippen LogP contribution in [0.15, 0.2) is 36.5 Å². The van der Waals surface area contributed by atoms with Crippen LogP contribution in [0.25, 0.3) is 22.3 Å². The third kappa shape index (κ3) is 6.79. The van der Waals surface area contributed by atoms with Gasteiger partial charge in [0.1, 0.15) is 17.0 Å². The molecule has 1 unspecified atom stereocenters. The first-order valence-corrected chi connectivity index (χ1v) is 13.5. The molecule has 0 spiro atoms. The van der Waals surface area contributed by atoms with Crippen LogP contribution in [-0.4, -0.2) is 74.9 Å². The summed E-state index contributed by atoms with van der Waals surface area (Å²) in [6.07, 6.45) is -4.63. The molecule has 0 aliphatic carbocycles. The van der Waals surface area contributed by atoms with Gasteiger partial charge in [0.25, 0.3) is 0 Å². The first-order chi connectivity index (χ1) is 18.4. The summed E-state index contributed by atoms with van der Waals surface area (Å²) < 4.78 is 86.0. The average molecular weight is 575 g/mol. The summed E-state index contributed by atoms with van der Waals surface area (Å²) in [6, 6.07) is 6.62. The fourth-order valence-electron chi connectivity index (χ4n) is 4.43. The van der Waals surface area contributed by atoms with Crippen LogP contribution in [0.1, 0.15) is 36.2 Å². The number of ether oxygens (including phenoxy) is 2. The van der Waals surface area contributed by atoms with Crippen molar-refractivity contribution in [3.05, 3.63) is 42.1 Å². The van der Waals surface area contributed by atoms with E-state index >= 15 is 0 Å².